The summed E-state index contributed by atoms with van der Waals surface area (Å²) in [5.74, 6) is 0.271. The second-order valence-electron chi connectivity index (χ2n) is 5.33. The van der Waals surface area contributed by atoms with Gasteiger partial charge in [-0.15, -0.1) is 0 Å². The van der Waals surface area contributed by atoms with Crippen LogP contribution in [0.25, 0.3) is 0 Å². The maximum atomic E-state index is 11.8. The highest BCUT2D eigenvalue weighted by molar-refractivity contribution is 5.80. The van der Waals surface area contributed by atoms with Gasteiger partial charge in [-0.1, -0.05) is 36.4 Å². The Morgan fingerprint density at radius 2 is 1.28 bits per heavy atom. The Hall–Kier alpha value is -3.02. The first-order valence-corrected chi connectivity index (χ1v) is 7.97. The lowest BCUT2D eigenvalue weighted by atomic mass is 10.3. The van der Waals surface area contributed by atoms with Crippen molar-refractivity contribution in [2.75, 3.05) is 13.2 Å². The molecule has 0 unspecified atom stereocenters. The number of rotatable bonds is 10. The number of primary amides is 1. The Balaban J connectivity index is 1.89. The number of esters is 1. The van der Waals surface area contributed by atoms with Crippen molar-refractivity contribution < 1.29 is 23.8 Å². The van der Waals surface area contributed by atoms with E-state index in [4.69, 9.17) is 19.9 Å². The summed E-state index contributed by atoms with van der Waals surface area (Å²) in [7, 11) is 0. The van der Waals surface area contributed by atoms with Gasteiger partial charge in [0.1, 0.15) is 24.7 Å². The van der Waals surface area contributed by atoms with Crippen LogP contribution >= 0.6 is 0 Å². The summed E-state index contributed by atoms with van der Waals surface area (Å²) in [6.07, 6.45) is -0.728. The highest BCUT2D eigenvalue weighted by atomic mass is 16.6. The Kier molecular flexibility index (Phi) is 7.31. The minimum atomic E-state index is -0.610. The average molecular weight is 343 g/mol. The van der Waals surface area contributed by atoms with Crippen LogP contribution in [0.3, 0.4) is 0 Å². The van der Waals surface area contributed by atoms with E-state index in [1.54, 1.807) is 0 Å². The monoisotopic (exact) mass is 343 g/mol. The number of carbonyl (C=O) groups excluding carboxylic acids is 2. The molecule has 0 saturated heterocycles. The molecular weight excluding hydrogens is 322 g/mol. The zero-order valence-corrected chi connectivity index (χ0v) is 13.8. The van der Waals surface area contributed by atoms with Gasteiger partial charge in [-0.05, 0) is 24.3 Å². The number of hydrogen-bond donors (Lipinski definition) is 1. The minimum Gasteiger partial charge on any atom is -0.490 e. The molecule has 0 saturated carbocycles. The summed E-state index contributed by atoms with van der Waals surface area (Å²) in [4.78, 5) is 22.6. The zero-order valence-electron chi connectivity index (χ0n) is 13.8. The SMILES string of the molecule is NC(=O)CCC(=O)OC(COc1ccccc1)COc1ccccc1. The number of amides is 1. The normalized spacial score (nSPS) is 10.3. The van der Waals surface area contributed by atoms with E-state index in [-0.39, 0.29) is 26.1 Å². The van der Waals surface area contributed by atoms with Gasteiger partial charge in [0.25, 0.3) is 0 Å². The molecule has 132 valence electrons. The molecule has 25 heavy (non-hydrogen) atoms. The molecule has 0 atom stereocenters. The van der Waals surface area contributed by atoms with Crippen LogP contribution in [0.15, 0.2) is 60.7 Å². The molecule has 6 nitrogen and oxygen atoms in total. The van der Waals surface area contributed by atoms with E-state index >= 15 is 0 Å². The Labute approximate surface area is 146 Å². The highest BCUT2D eigenvalue weighted by Gasteiger charge is 2.17. The fraction of sp³-hybridized carbons (Fsp3) is 0.263. The van der Waals surface area contributed by atoms with E-state index in [0.29, 0.717) is 11.5 Å². The smallest absolute Gasteiger partial charge is 0.306 e. The number of nitrogens with two attached hydrogens (primary N) is 1. The summed E-state index contributed by atoms with van der Waals surface area (Å²) >= 11 is 0. The van der Waals surface area contributed by atoms with Gasteiger partial charge in [-0.25, -0.2) is 0 Å². The number of hydrogen-bond acceptors (Lipinski definition) is 5. The van der Waals surface area contributed by atoms with Crippen LogP contribution < -0.4 is 15.2 Å². The number of carbonyl (C=O) groups is 2. The van der Waals surface area contributed by atoms with Crippen molar-refractivity contribution in [1.29, 1.82) is 0 Å². The molecule has 0 spiro atoms. The van der Waals surface area contributed by atoms with Crippen LogP contribution in [0.2, 0.25) is 0 Å². The van der Waals surface area contributed by atoms with Crippen LogP contribution in [0.1, 0.15) is 12.8 Å². The van der Waals surface area contributed by atoms with Crippen molar-refractivity contribution in [2.45, 2.75) is 18.9 Å². The van der Waals surface area contributed by atoms with E-state index in [1.807, 2.05) is 60.7 Å². The molecule has 0 fully saturated rings. The molecule has 0 bridgehead atoms. The standard InChI is InChI=1S/C19H21NO5/c20-18(21)11-12-19(22)25-17(13-23-15-7-3-1-4-8-15)14-24-16-9-5-2-6-10-16/h1-10,17H,11-14H2,(H2,20,21). The molecule has 0 aliphatic heterocycles. The fourth-order valence-corrected chi connectivity index (χ4v) is 2.00. The average Bonchev–Trinajstić information content (AvgIpc) is 2.64. The van der Waals surface area contributed by atoms with Crippen LogP contribution in [0.5, 0.6) is 11.5 Å². The van der Waals surface area contributed by atoms with Crippen LogP contribution in [0, 0.1) is 0 Å². The summed E-state index contributed by atoms with van der Waals surface area (Å²) in [6, 6.07) is 18.4. The molecule has 2 N–H and O–H groups in total. The van der Waals surface area contributed by atoms with Gasteiger partial charge < -0.3 is 19.9 Å². The van der Waals surface area contributed by atoms with E-state index in [2.05, 4.69) is 0 Å². The van der Waals surface area contributed by atoms with Gasteiger partial charge in [-0.2, -0.15) is 0 Å². The first-order valence-electron chi connectivity index (χ1n) is 7.97. The highest BCUT2D eigenvalue weighted by Crippen LogP contribution is 2.12. The molecule has 0 aliphatic carbocycles. The summed E-state index contributed by atoms with van der Waals surface area (Å²) in [6.45, 7) is 0.276. The fourth-order valence-electron chi connectivity index (χ4n) is 2.00. The van der Waals surface area contributed by atoms with Gasteiger partial charge in [0.05, 0.1) is 6.42 Å². The molecule has 0 radical (unpaired) electrons. The minimum absolute atomic E-state index is 0.0510. The third-order valence-electron chi connectivity index (χ3n) is 3.23. The van der Waals surface area contributed by atoms with Gasteiger partial charge in [0.2, 0.25) is 5.91 Å². The van der Waals surface area contributed by atoms with Gasteiger partial charge >= 0.3 is 5.97 Å². The first-order chi connectivity index (χ1) is 12.1. The molecule has 6 heteroatoms. The summed E-state index contributed by atoms with van der Waals surface area (Å²) < 4.78 is 16.6. The van der Waals surface area contributed by atoms with Crippen LogP contribution in [-0.4, -0.2) is 31.2 Å². The van der Waals surface area contributed by atoms with Crippen molar-refractivity contribution in [2.24, 2.45) is 5.73 Å². The number of para-hydroxylation sites is 2. The van der Waals surface area contributed by atoms with Gasteiger partial charge in [0.15, 0.2) is 6.10 Å². The molecule has 2 rings (SSSR count). The maximum absolute atomic E-state index is 11.8. The third kappa shape index (κ3) is 7.39. The lowest BCUT2D eigenvalue weighted by Gasteiger charge is -2.19. The number of benzene rings is 2. The van der Waals surface area contributed by atoms with E-state index < -0.39 is 18.0 Å². The topological polar surface area (TPSA) is 87.9 Å². The molecule has 2 aromatic rings. The number of ether oxygens (including phenoxy) is 3. The Morgan fingerprint density at radius 3 is 1.72 bits per heavy atom. The van der Waals surface area contributed by atoms with Crippen molar-refractivity contribution in [3.05, 3.63) is 60.7 Å². The summed E-state index contributed by atoms with van der Waals surface area (Å²) in [5.41, 5.74) is 5.04. The predicted molar refractivity (Wildman–Crippen MR) is 92.2 cm³/mol. The van der Waals surface area contributed by atoms with Crippen LogP contribution in [-0.2, 0) is 14.3 Å². The molecule has 0 aliphatic rings. The molecule has 2 aromatic carbocycles. The quantitative estimate of drug-likeness (QED) is 0.669. The lowest BCUT2D eigenvalue weighted by molar-refractivity contribution is -0.153. The van der Waals surface area contributed by atoms with Gasteiger partial charge in [-0.3, -0.25) is 9.59 Å². The van der Waals surface area contributed by atoms with E-state index in [0.717, 1.165) is 0 Å². The van der Waals surface area contributed by atoms with Crippen molar-refractivity contribution in [3.63, 3.8) is 0 Å². The van der Waals surface area contributed by atoms with E-state index in [9.17, 15) is 9.59 Å². The maximum Gasteiger partial charge on any atom is 0.306 e. The Bertz CT molecular complexity index is 617. The van der Waals surface area contributed by atoms with Crippen molar-refractivity contribution in [1.82, 2.24) is 0 Å². The van der Waals surface area contributed by atoms with E-state index in [1.165, 1.54) is 0 Å². The second kappa shape index (κ2) is 9.97. The first kappa shape index (κ1) is 18.3. The molecule has 0 heterocycles. The molecule has 0 aromatic heterocycles. The van der Waals surface area contributed by atoms with Crippen LogP contribution in [0.4, 0.5) is 0 Å². The van der Waals surface area contributed by atoms with Crippen molar-refractivity contribution >= 4 is 11.9 Å². The Morgan fingerprint density at radius 1 is 0.800 bits per heavy atom. The molecular formula is C19H21NO5. The molecule has 1 amide bonds. The second-order valence-corrected chi connectivity index (χ2v) is 5.33. The third-order valence-corrected chi connectivity index (χ3v) is 3.23. The summed E-state index contributed by atoms with van der Waals surface area (Å²) in [5, 5.41) is 0. The predicted octanol–water partition coefficient (Wildman–Crippen LogP) is 2.32. The lowest BCUT2D eigenvalue weighted by Crippen LogP contribution is -2.31. The van der Waals surface area contributed by atoms with Gasteiger partial charge in [0, 0.05) is 6.42 Å². The van der Waals surface area contributed by atoms with Crippen molar-refractivity contribution in [3.8, 4) is 11.5 Å². The zero-order chi connectivity index (χ0) is 17.9. The largest absolute Gasteiger partial charge is 0.490 e.